The van der Waals surface area contributed by atoms with Crippen molar-refractivity contribution < 1.29 is 4.52 Å². The zero-order chi connectivity index (χ0) is 13.4. The summed E-state index contributed by atoms with van der Waals surface area (Å²) < 4.78 is 5.23. The molecule has 5 nitrogen and oxygen atoms in total. The summed E-state index contributed by atoms with van der Waals surface area (Å²) in [6.45, 7) is 11.8. The van der Waals surface area contributed by atoms with Gasteiger partial charge in [-0.1, -0.05) is 25.1 Å². The molecule has 0 aliphatic carbocycles. The minimum atomic E-state index is 0. The van der Waals surface area contributed by atoms with E-state index in [1.165, 1.54) is 0 Å². The molecule has 1 heterocycles. The molecular formula is C13H23IN4O. The number of nitrogens with zero attached hydrogens (tertiary/aromatic N) is 2. The highest BCUT2D eigenvalue weighted by Gasteiger charge is 2.07. The van der Waals surface area contributed by atoms with Crippen molar-refractivity contribution in [3.8, 4) is 0 Å². The molecule has 0 aliphatic heterocycles. The van der Waals surface area contributed by atoms with E-state index in [-0.39, 0.29) is 24.0 Å². The molecule has 0 aliphatic rings. The summed E-state index contributed by atoms with van der Waals surface area (Å²) in [6.07, 6.45) is 1.79. The van der Waals surface area contributed by atoms with Gasteiger partial charge in [-0.3, -0.25) is 0 Å². The lowest BCUT2D eigenvalue weighted by molar-refractivity contribution is 0.376. The Morgan fingerprint density at radius 3 is 2.79 bits per heavy atom. The van der Waals surface area contributed by atoms with E-state index in [1.807, 2.05) is 13.0 Å². The number of rotatable bonds is 6. The number of aromatic nitrogens is 1. The Bertz CT molecular complexity index is 401. The summed E-state index contributed by atoms with van der Waals surface area (Å²) in [6, 6.07) is 1.95. The van der Waals surface area contributed by atoms with Gasteiger partial charge in [0.2, 0.25) is 0 Å². The molecule has 2 N–H and O–H groups in total. The van der Waals surface area contributed by atoms with Crippen molar-refractivity contribution in [2.24, 2.45) is 4.99 Å². The molecule has 0 atom stereocenters. The van der Waals surface area contributed by atoms with Gasteiger partial charge in [-0.25, -0.2) is 4.99 Å². The standard InChI is InChI=1S/C13H22N4O.HI/c1-5-7-15-13(14-6-2)16-9-11-8-12(10(3)4)17-18-11;/h5,8,10H,1,6-7,9H2,2-4H3,(H2,14,15,16);1H. The first-order valence-corrected chi connectivity index (χ1v) is 6.26. The Morgan fingerprint density at radius 2 is 2.26 bits per heavy atom. The van der Waals surface area contributed by atoms with Crippen LogP contribution in [0, 0.1) is 0 Å². The van der Waals surface area contributed by atoms with E-state index in [0.29, 0.717) is 19.0 Å². The van der Waals surface area contributed by atoms with Gasteiger partial charge < -0.3 is 15.2 Å². The van der Waals surface area contributed by atoms with Crippen LogP contribution in [0.4, 0.5) is 0 Å². The van der Waals surface area contributed by atoms with Crippen LogP contribution in [-0.2, 0) is 6.54 Å². The summed E-state index contributed by atoms with van der Waals surface area (Å²) in [5.41, 5.74) is 0.962. The summed E-state index contributed by atoms with van der Waals surface area (Å²) in [4.78, 5) is 4.41. The van der Waals surface area contributed by atoms with Gasteiger partial charge in [0.05, 0.1) is 5.69 Å². The van der Waals surface area contributed by atoms with Gasteiger partial charge in [0.25, 0.3) is 0 Å². The summed E-state index contributed by atoms with van der Waals surface area (Å²) >= 11 is 0. The Labute approximate surface area is 131 Å². The number of hydrogen-bond acceptors (Lipinski definition) is 3. The van der Waals surface area contributed by atoms with E-state index < -0.39 is 0 Å². The maximum Gasteiger partial charge on any atom is 0.191 e. The first kappa shape index (κ1) is 17.9. The lowest BCUT2D eigenvalue weighted by atomic mass is 10.1. The number of hydrogen-bond donors (Lipinski definition) is 2. The molecular weight excluding hydrogens is 355 g/mol. The van der Waals surface area contributed by atoms with Crippen molar-refractivity contribution in [2.75, 3.05) is 13.1 Å². The van der Waals surface area contributed by atoms with Gasteiger partial charge in [-0.15, -0.1) is 30.6 Å². The van der Waals surface area contributed by atoms with Crippen LogP contribution in [0.2, 0.25) is 0 Å². The summed E-state index contributed by atoms with van der Waals surface area (Å²) in [5, 5.41) is 10.3. The second-order valence-corrected chi connectivity index (χ2v) is 4.24. The maximum absolute atomic E-state index is 5.23. The predicted octanol–water partition coefficient (Wildman–Crippen LogP) is 2.66. The predicted molar refractivity (Wildman–Crippen MR) is 89.0 cm³/mol. The zero-order valence-electron chi connectivity index (χ0n) is 11.8. The zero-order valence-corrected chi connectivity index (χ0v) is 14.1. The fraction of sp³-hybridized carbons (Fsp3) is 0.538. The van der Waals surface area contributed by atoms with Gasteiger partial charge in [-0.05, 0) is 12.8 Å². The van der Waals surface area contributed by atoms with Gasteiger partial charge >= 0.3 is 0 Å². The van der Waals surface area contributed by atoms with Gasteiger partial charge in [0, 0.05) is 19.2 Å². The lowest BCUT2D eigenvalue weighted by Gasteiger charge is -2.08. The van der Waals surface area contributed by atoms with Crippen molar-refractivity contribution in [1.82, 2.24) is 15.8 Å². The molecule has 0 unspecified atom stereocenters. The highest BCUT2D eigenvalue weighted by molar-refractivity contribution is 14.0. The Hall–Kier alpha value is -1.05. The molecule has 0 bridgehead atoms. The minimum absolute atomic E-state index is 0. The van der Waals surface area contributed by atoms with Gasteiger partial charge in [0.15, 0.2) is 11.7 Å². The quantitative estimate of drug-likeness (QED) is 0.346. The van der Waals surface area contributed by atoms with Crippen molar-refractivity contribution >= 4 is 29.9 Å². The Kier molecular flexibility index (Phi) is 9.28. The first-order valence-electron chi connectivity index (χ1n) is 6.26. The molecule has 0 saturated carbocycles. The average Bonchev–Trinajstić information content (AvgIpc) is 2.81. The van der Waals surface area contributed by atoms with E-state index >= 15 is 0 Å². The van der Waals surface area contributed by atoms with Crippen molar-refractivity contribution in [1.29, 1.82) is 0 Å². The highest BCUT2D eigenvalue weighted by atomic mass is 127. The van der Waals surface area contributed by atoms with Crippen LogP contribution in [0.25, 0.3) is 0 Å². The minimum Gasteiger partial charge on any atom is -0.359 e. The molecule has 6 heteroatoms. The molecule has 0 spiro atoms. The molecule has 1 rings (SSSR count). The third-order valence-corrected chi connectivity index (χ3v) is 2.32. The van der Waals surface area contributed by atoms with E-state index in [2.05, 4.69) is 41.2 Å². The van der Waals surface area contributed by atoms with Crippen LogP contribution >= 0.6 is 24.0 Å². The van der Waals surface area contributed by atoms with E-state index in [4.69, 9.17) is 4.52 Å². The van der Waals surface area contributed by atoms with Crippen LogP contribution in [0.1, 0.15) is 38.1 Å². The monoisotopic (exact) mass is 378 g/mol. The number of guanidine groups is 1. The average molecular weight is 378 g/mol. The molecule has 1 aromatic heterocycles. The SMILES string of the molecule is C=CCNC(=NCc1cc(C(C)C)no1)NCC.I. The Morgan fingerprint density at radius 1 is 1.53 bits per heavy atom. The van der Waals surface area contributed by atoms with E-state index in [0.717, 1.165) is 24.0 Å². The molecule has 0 aromatic carbocycles. The van der Waals surface area contributed by atoms with Crippen LogP contribution in [0.5, 0.6) is 0 Å². The van der Waals surface area contributed by atoms with Crippen LogP contribution in [-0.4, -0.2) is 24.2 Å². The highest BCUT2D eigenvalue weighted by Crippen LogP contribution is 2.14. The molecule has 0 fully saturated rings. The normalized spacial score (nSPS) is 11.1. The van der Waals surface area contributed by atoms with E-state index in [9.17, 15) is 0 Å². The number of aliphatic imine (C=N–C) groups is 1. The van der Waals surface area contributed by atoms with Crippen LogP contribution in [0.15, 0.2) is 28.2 Å². The molecule has 1 aromatic rings. The first-order chi connectivity index (χ1) is 8.67. The van der Waals surface area contributed by atoms with Crippen molar-refractivity contribution in [2.45, 2.75) is 33.2 Å². The number of nitrogens with one attached hydrogen (secondary N) is 2. The molecule has 108 valence electrons. The lowest BCUT2D eigenvalue weighted by Crippen LogP contribution is -2.37. The van der Waals surface area contributed by atoms with E-state index in [1.54, 1.807) is 6.08 Å². The third kappa shape index (κ3) is 6.60. The van der Waals surface area contributed by atoms with Crippen LogP contribution in [0.3, 0.4) is 0 Å². The second-order valence-electron chi connectivity index (χ2n) is 4.24. The fourth-order valence-electron chi connectivity index (χ4n) is 1.34. The molecule has 0 saturated heterocycles. The number of halogens is 1. The summed E-state index contributed by atoms with van der Waals surface area (Å²) in [7, 11) is 0. The third-order valence-electron chi connectivity index (χ3n) is 2.32. The second kappa shape index (κ2) is 9.82. The van der Waals surface area contributed by atoms with Crippen molar-refractivity contribution in [3.63, 3.8) is 0 Å². The maximum atomic E-state index is 5.23. The fourth-order valence-corrected chi connectivity index (χ4v) is 1.34. The van der Waals surface area contributed by atoms with Gasteiger partial charge in [0.1, 0.15) is 6.54 Å². The van der Waals surface area contributed by atoms with Crippen molar-refractivity contribution in [3.05, 3.63) is 30.2 Å². The smallest absolute Gasteiger partial charge is 0.191 e. The molecule has 0 amide bonds. The summed E-state index contributed by atoms with van der Waals surface area (Å²) in [5.74, 6) is 1.90. The van der Waals surface area contributed by atoms with Crippen LogP contribution < -0.4 is 10.6 Å². The largest absolute Gasteiger partial charge is 0.359 e. The topological polar surface area (TPSA) is 62.5 Å². The molecule has 19 heavy (non-hydrogen) atoms. The molecule has 0 radical (unpaired) electrons. The Balaban J connectivity index is 0.00000324. The van der Waals surface area contributed by atoms with Gasteiger partial charge in [-0.2, -0.15) is 0 Å².